The molecule has 0 aromatic carbocycles. The summed E-state index contributed by atoms with van der Waals surface area (Å²) in [4.78, 5) is 22.3. The SMILES string of the molecule is COCC(O)CCNC(=O)C1CCC(C(=O)O)O1. The predicted molar refractivity (Wildman–Crippen MR) is 61.0 cm³/mol. The zero-order chi connectivity index (χ0) is 13.5. The number of carboxylic acids is 1. The van der Waals surface area contributed by atoms with Crippen molar-refractivity contribution >= 4 is 11.9 Å². The van der Waals surface area contributed by atoms with E-state index in [-0.39, 0.29) is 12.5 Å². The van der Waals surface area contributed by atoms with Crippen LogP contribution in [0.3, 0.4) is 0 Å². The summed E-state index contributed by atoms with van der Waals surface area (Å²) in [6.07, 6.45) is -1.07. The van der Waals surface area contributed by atoms with E-state index >= 15 is 0 Å². The third kappa shape index (κ3) is 4.59. The largest absolute Gasteiger partial charge is 0.479 e. The van der Waals surface area contributed by atoms with Gasteiger partial charge in [0.1, 0.15) is 6.10 Å². The fourth-order valence-corrected chi connectivity index (χ4v) is 1.76. The van der Waals surface area contributed by atoms with Crippen molar-refractivity contribution in [2.24, 2.45) is 0 Å². The molecule has 1 fully saturated rings. The molecule has 7 heteroatoms. The summed E-state index contributed by atoms with van der Waals surface area (Å²) in [5, 5.41) is 20.7. The van der Waals surface area contributed by atoms with Crippen molar-refractivity contribution in [3.8, 4) is 0 Å². The molecule has 1 aliphatic rings. The molecule has 1 rings (SSSR count). The molecule has 7 nitrogen and oxygen atoms in total. The lowest BCUT2D eigenvalue weighted by atomic mass is 10.2. The van der Waals surface area contributed by atoms with Crippen molar-refractivity contribution in [2.45, 2.75) is 37.6 Å². The van der Waals surface area contributed by atoms with Gasteiger partial charge in [-0.05, 0) is 19.3 Å². The van der Waals surface area contributed by atoms with Gasteiger partial charge >= 0.3 is 5.97 Å². The van der Waals surface area contributed by atoms with E-state index < -0.39 is 24.3 Å². The van der Waals surface area contributed by atoms with Crippen LogP contribution in [-0.2, 0) is 19.1 Å². The summed E-state index contributed by atoms with van der Waals surface area (Å²) in [5.41, 5.74) is 0. The predicted octanol–water partition coefficient (Wildman–Crippen LogP) is -0.868. The first kappa shape index (κ1) is 14.9. The Morgan fingerprint density at radius 1 is 1.44 bits per heavy atom. The summed E-state index contributed by atoms with van der Waals surface area (Å²) in [6.45, 7) is 0.526. The Hall–Kier alpha value is -1.18. The number of aliphatic hydroxyl groups is 1. The van der Waals surface area contributed by atoms with Crippen molar-refractivity contribution < 1.29 is 29.3 Å². The zero-order valence-electron chi connectivity index (χ0n) is 10.3. The Bertz CT molecular complexity index is 295. The van der Waals surface area contributed by atoms with Crippen LogP contribution in [0.5, 0.6) is 0 Å². The molecular formula is C11H19NO6. The molecule has 104 valence electrons. The van der Waals surface area contributed by atoms with Gasteiger partial charge in [0.25, 0.3) is 0 Å². The molecule has 0 saturated carbocycles. The molecule has 0 aliphatic carbocycles. The van der Waals surface area contributed by atoms with Gasteiger partial charge < -0.3 is 25.0 Å². The maximum absolute atomic E-state index is 11.6. The standard InChI is InChI=1S/C11H19NO6/c1-17-6-7(13)4-5-12-10(14)8-2-3-9(18-8)11(15)16/h7-9,13H,2-6H2,1H3,(H,12,14)(H,15,16). The average molecular weight is 261 g/mol. The smallest absolute Gasteiger partial charge is 0.332 e. The lowest BCUT2D eigenvalue weighted by Gasteiger charge is -2.13. The van der Waals surface area contributed by atoms with E-state index in [1.807, 2.05) is 0 Å². The van der Waals surface area contributed by atoms with Crippen LogP contribution >= 0.6 is 0 Å². The van der Waals surface area contributed by atoms with Crippen molar-refractivity contribution in [2.75, 3.05) is 20.3 Å². The fraction of sp³-hybridized carbons (Fsp3) is 0.818. The monoisotopic (exact) mass is 261 g/mol. The molecule has 0 radical (unpaired) electrons. The summed E-state index contributed by atoms with van der Waals surface area (Å²) in [7, 11) is 1.49. The van der Waals surface area contributed by atoms with Crippen LogP contribution in [0.4, 0.5) is 0 Å². The van der Waals surface area contributed by atoms with Crippen molar-refractivity contribution in [3.63, 3.8) is 0 Å². The highest BCUT2D eigenvalue weighted by Crippen LogP contribution is 2.19. The molecule has 1 heterocycles. The quantitative estimate of drug-likeness (QED) is 0.550. The summed E-state index contributed by atoms with van der Waals surface area (Å²) < 4.78 is 9.84. The Kier molecular flexibility index (Phi) is 6.03. The van der Waals surface area contributed by atoms with E-state index in [1.165, 1.54) is 7.11 Å². The van der Waals surface area contributed by atoms with Gasteiger partial charge in [0.2, 0.25) is 5.91 Å². The maximum atomic E-state index is 11.6. The van der Waals surface area contributed by atoms with Crippen LogP contribution in [0.25, 0.3) is 0 Å². The molecule has 1 aliphatic heterocycles. The summed E-state index contributed by atoms with van der Waals surface area (Å²) in [5.74, 6) is -1.37. The highest BCUT2D eigenvalue weighted by Gasteiger charge is 2.34. The minimum Gasteiger partial charge on any atom is -0.479 e. The van der Waals surface area contributed by atoms with Crippen LogP contribution in [0.1, 0.15) is 19.3 Å². The molecule has 0 aromatic heterocycles. The van der Waals surface area contributed by atoms with Gasteiger partial charge in [0.05, 0.1) is 12.7 Å². The van der Waals surface area contributed by atoms with Gasteiger partial charge in [-0.1, -0.05) is 0 Å². The number of rotatable bonds is 7. The van der Waals surface area contributed by atoms with E-state index in [2.05, 4.69) is 5.32 Å². The van der Waals surface area contributed by atoms with Gasteiger partial charge in [0, 0.05) is 13.7 Å². The van der Waals surface area contributed by atoms with E-state index in [4.69, 9.17) is 14.6 Å². The minimum atomic E-state index is -1.04. The highest BCUT2D eigenvalue weighted by atomic mass is 16.5. The van der Waals surface area contributed by atoms with Gasteiger partial charge in [0.15, 0.2) is 6.10 Å². The van der Waals surface area contributed by atoms with Gasteiger partial charge in [-0.25, -0.2) is 4.79 Å². The van der Waals surface area contributed by atoms with Crippen molar-refractivity contribution in [3.05, 3.63) is 0 Å². The van der Waals surface area contributed by atoms with E-state index in [0.29, 0.717) is 25.8 Å². The van der Waals surface area contributed by atoms with Crippen LogP contribution in [-0.4, -0.2) is 60.7 Å². The number of carboxylic acid groups (broad SMARTS) is 1. The van der Waals surface area contributed by atoms with E-state index in [1.54, 1.807) is 0 Å². The zero-order valence-corrected chi connectivity index (χ0v) is 10.3. The van der Waals surface area contributed by atoms with Crippen LogP contribution in [0, 0.1) is 0 Å². The number of carbonyl (C=O) groups excluding carboxylic acids is 1. The third-order valence-corrected chi connectivity index (χ3v) is 2.72. The molecule has 3 N–H and O–H groups in total. The molecule has 1 saturated heterocycles. The molecule has 18 heavy (non-hydrogen) atoms. The first-order valence-electron chi connectivity index (χ1n) is 5.87. The number of hydrogen-bond acceptors (Lipinski definition) is 5. The van der Waals surface area contributed by atoms with Crippen LogP contribution < -0.4 is 5.32 Å². The van der Waals surface area contributed by atoms with Gasteiger partial charge in [-0.3, -0.25) is 4.79 Å². The maximum Gasteiger partial charge on any atom is 0.332 e. The van der Waals surface area contributed by atoms with Gasteiger partial charge in [-0.15, -0.1) is 0 Å². The molecule has 3 atom stereocenters. The number of aliphatic hydroxyl groups excluding tert-OH is 1. The second kappa shape index (κ2) is 7.30. The molecule has 3 unspecified atom stereocenters. The Morgan fingerprint density at radius 2 is 2.11 bits per heavy atom. The number of amides is 1. The lowest BCUT2D eigenvalue weighted by molar-refractivity contribution is -0.151. The second-order valence-electron chi connectivity index (χ2n) is 4.22. The van der Waals surface area contributed by atoms with E-state index in [0.717, 1.165) is 0 Å². The Morgan fingerprint density at radius 3 is 2.67 bits per heavy atom. The number of ether oxygens (including phenoxy) is 2. The number of carbonyl (C=O) groups is 2. The van der Waals surface area contributed by atoms with Crippen molar-refractivity contribution in [1.82, 2.24) is 5.32 Å². The first-order valence-corrected chi connectivity index (χ1v) is 5.87. The molecule has 1 amide bonds. The van der Waals surface area contributed by atoms with Crippen LogP contribution in [0.15, 0.2) is 0 Å². The Labute approximate surface area is 105 Å². The third-order valence-electron chi connectivity index (χ3n) is 2.72. The number of methoxy groups -OCH3 is 1. The van der Waals surface area contributed by atoms with Crippen LogP contribution in [0.2, 0.25) is 0 Å². The average Bonchev–Trinajstić information content (AvgIpc) is 2.78. The lowest BCUT2D eigenvalue weighted by Crippen LogP contribution is -2.37. The van der Waals surface area contributed by atoms with Crippen molar-refractivity contribution in [1.29, 1.82) is 0 Å². The Balaban J connectivity index is 2.20. The molecule has 0 spiro atoms. The summed E-state index contributed by atoms with van der Waals surface area (Å²) >= 11 is 0. The minimum absolute atomic E-state index is 0.219. The molecule has 0 aromatic rings. The first-order chi connectivity index (χ1) is 8.54. The normalized spacial score (nSPS) is 24.8. The topological polar surface area (TPSA) is 105 Å². The fourth-order valence-electron chi connectivity index (χ4n) is 1.76. The van der Waals surface area contributed by atoms with E-state index in [9.17, 15) is 14.7 Å². The van der Waals surface area contributed by atoms with Gasteiger partial charge in [-0.2, -0.15) is 0 Å². The second-order valence-corrected chi connectivity index (χ2v) is 4.22. The number of aliphatic carboxylic acids is 1. The summed E-state index contributed by atoms with van der Waals surface area (Å²) in [6, 6.07) is 0. The molecule has 0 bridgehead atoms. The number of nitrogens with one attached hydrogen (secondary N) is 1. The highest BCUT2D eigenvalue weighted by molar-refractivity contribution is 5.82. The number of hydrogen-bond donors (Lipinski definition) is 3. The molecular weight excluding hydrogens is 242 g/mol.